The van der Waals surface area contributed by atoms with Crippen LogP contribution in [0.3, 0.4) is 0 Å². The Balaban J connectivity index is 1.54. The number of carbonyl (C=O) groups is 1. The summed E-state index contributed by atoms with van der Waals surface area (Å²) in [6, 6.07) is 11.2. The maximum atomic E-state index is 12.6. The fourth-order valence-electron chi connectivity index (χ4n) is 3.11. The molecule has 1 aliphatic heterocycles. The van der Waals surface area contributed by atoms with Gasteiger partial charge in [-0.3, -0.25) is 14.0 Å². The van der Waals surface area contributed by atoms with Crippen LogP contribution in [0.4, 0.5) is 11.4 Å². The number of morpholine rings is 1. The minimum Gasteiger partial charge on any atom is -0.378 e. The number of benzene rings is 1. The van der Waals surface area contributed by atoms with E-state index in [1.54, 1.807) is 12.3 Å². The van der Waals surface area contributed by atoms with Gasteiger partial charge in [-0.25, -0.2) is 4.98 Å². The number of ether oxygens (including phenoxy) is 1. The summed E-state index contributed by atoms with van der Waals surface area (Å²) in [6.07, 6.45) is 3.00. The number of aryl methyl sites for hydroxylation is 1. The number of hydrogen-bond donors (Lipinski definition) is 1. The zero-order chi connectivity index (χ0) is 18.8. The zero-order valence-electron chi connectivity index (χ0n) is 15.0. The molecule has 0 radical (unpaired) electrons. The van der Waals surface area contributed by atoms with Gasteiger partial charge in [0.2, 0.25) is 0 Å². The van der Waals surface area contributed by atoms with Gasteiger partial charge in [0.05, 0.1) is 13.2 Å². The molecule has 27 heavy (non-hydrogen) atoms. The second-order valence-corrected chi connectivity index (χ2v) is 6.51. The van der Waals surface area contributed by atoms with Crippen molar-refractivity contribution in [3.05, 3.63) is 70.3 Å². The van der Waals surface area contributed by atoms with Gasteiger partial charge >= 0.3 is 0 Å². The average Bonchev–Trinajstić information content (AvgIpc) is 2.70. The molecule has 1 aromatic carbocycles. The van der Waals surface area contributed by atoms with Crippen LogP contribution in [0.25, 0.3) is 5.65 Å². The van der Waals surface area contributed by atoms with Gasteiger partial charge in [-0.2, -0.15) is 0 Å². The van der Waals surface area contributed by atoms with Crippen molar-refractivity contribution in [3.63, 3.8) is 0 Å². The van der Waals surface area contributed by atoms with Gasteiger partial charge in [0.15, 0.2) is 0 Å². The predicted molar refractivity (Wildman–Crippen MR) is 104 cm³/mol. The molecule has 0 atom stereocenters. The molecule has 1 aliphatic rings. The van der Waals surface area contributed by atoms with Crippen molar-refractivity contribution in [3.8, 4) is 0 Å². The lowest BCUT2D eigenvalue weighted by molar-refractivity contribution is 0.102. The largest absolute Gasteiger partial charge is 0.378 e. The summed E-state index contributed by atoms with van der Waals surface area (Å²) in [7, 11) is 0. The van der Waals surface area contributed by atoms with Crippen LogP contribution in [0, 0.1) is 6.92 Å². The van der Waals surface area contributed by atoms with Crippen molar-refractivity contribution in [1.29, 1.82) is 0 Å². The Morgan fingerprint density at radius 1 is 1.11 bits per heavy atom. The van der Waals surface area contributed by atoms with Crippen LogP contribution in [-0.4, -0.2) is 41.6 Å². The zero-order valence-corrected chi connectivity index (χ0v) is 15.0. The fourth-order valence-corrected chi connectivity index (χ4v) is 3.11. The first-order valence-corrected chi connectivity index (χ1v) is 8.84. The third kappa shape index (κ3) is 3.54. The summed E-state index contributed by atoms with van der Waals surface area (Å²) in [4.78, 5) is 31.6. The minimum absolute atomic E-state index is 0.00959. The average molecular weight is 364 g/mol. The van der Waals surface area contributed by atoms with Crippen LogP contribution in [0.1, 0.15) is 15.9 Å². The highest BCUT2D eigenvalue weighted by Crippen LogP contribution is 2.19. The molecule has 7 heteroatoms. The Kier molecular flexibility index (Phi) is 4.60. The standard InChI is InChI=1S/C20H20N4O3/c1-14-2-7-18-21-12-17(20(26)24(18)13-14)19(25)22-15-3-5-16(6-4-15)23-8-10-27-11-9-23/h2-7,12-13H,8-11H2,1H3,(H,22,25). The Morgan fingerprint density at radius 2 is 1.85 bits per heavy atom. The molecule has 0 bridgehead atoms. The van der Waals surface area contributed by atoms with Crippen molar-refractivity contribution in [2.75, 3.05) is 36.5 Å². The molecule has 4 rings (SSSR count). The molecular weight excluding hydrogens is 344 g/mol. The number of aromatic nitrogens is 2. The molecule has 1 amide bonds. The lowest BCUT2D eigenvalue weighted by atomic mass is 10.2. The second-order valence-electron chi connectivity index (χ2n) is 6.51. The molecule has 3 heterocycles. The number of nitrogens with one attached hydrogen (secondary N) is 1. The first-order chi connectivity index (χ1) is 13.1. The van der Waals surface area contributed by atoms with E-state index in [0.717, 1.165) is 37.6 Å². The van der Waals surface area contributed by atoms with Crippen LogP contribution in [-0.2, 0) is 4.74 Å². The van der Waals surface area contributed by atoms with Gasteiger partial charge < -0.3 is 15.0 Å². The van der Waals surface area contributed by atoms with E-state index in [4.69, 9.17) is 4.74 Å². The monoisotopic (exact) mass is 364 g/mol. The van der Waals surface area contributed by atoms with E-state index < -0.39 is 5.91 Å². The van der Waals surface area contributed by atoms with Crippen molar-refractivity contribution in [1.82, 2.24) is 9.38 Å². The third-order valence-electron chi connectivity index (χ3n) is 4.60. The molecule has 0 saturated carbocycles. The number of amides is 1. The number of fused-ring (bicyclic) bond motifs is 1. The maximum absolute atomic E-state index is 12.6. The van der Waals surface area contributed by atoms with E-state index >= 15 is 0 Å². The Hall–Kier alpha value is -3.19. The second kappa shape index (κ2) is 7.20. The Morgan fingerprint density at radius 3 is 2.59 bits per heavy atom. The number of nitrogens with zero attached hydrogens (tertiary/aromatic N) is 3. The van der Waals surface area contributed by atoms with E-state index in [2.05, 4.69) is 15.2 Å². The number of carbonyl (C=O) groups excluding carboxylic acids is 1. The molecule has 0 aliphatic carbocycles. The van der Waals surface area contributed by atoms with Gasteiger partial charge in [-0.1, -0.05) is 6.07 Å². The Labute approximate surface area is 156 Å². The summed E-state index contributed by atoms with van der Waals surface area (Å²) < 4.78 is 6.75. The van der Waals surface area contributed by atoms with Gasteiger partial charge in [0.25, 0.3) is 11.5 Å². The van der Waals surface area contributed by atoms with Crippen LogP contribution in [0.5, 0.6) is 0 Å². The van der Waals surface area contributed by atoms with Gasteiger partial charge in [0, 0.05) is 36.9 Å². The maximum Gasteiger partial charge on any atom is 0.270 e. The van der Waals surface area contributed by atoms with Gasteiger partial charge in [-0.15, -0.1) is 0 Å². The highest BCUT2D eigenvalue weighted by molar-refractivity contribution is 6.04. The molecule has 138 valence electrons. The van der Waals surface area contributed by atoms with E-state index in [1.807, 2.05) is 37.3 Å². The quantitative estimate of drug-likeness (QED) is 0.770. The molecule has 1 N–H and O–H groups in total. The van der Waals surface area contributed by atoms with E-state index in [0.29, 0.717) is 11.3 Å². The molecular formula is C20H20N4O3. The SMILES string of the molecule is Cc1ccc2ncc(C(=O)Nc3ccc(N4CCOCC4)cc3)c(=O)n2c1. The molecule has 3 aromatic rings. The lowest BCUT2D eigenvalue weighted by Gasteiger charge is -2.28. The van der Waals surface area contributed by atoms with E-state index in [-0.39, 0.29) is 11.1 Å². The minimum atomic E-state index is -0.470. The van der Waals surface area contributed by atoms with Crippen LogP contribution in [0.2, 0.25) is 0 Å². The van der Waals surface area contributed by atoms with Crippen LogP contribution >= 0.6 is 0 Å². The normalized spacial score (nSPS) is 14.3. The molecule has 0 unspecified atom stereocenters. The van der Waals surface area contributed by atoms with Gasteiger partial charge in [0.1, 0.15) is 11.2 Å². The van der Waals surface area contributed by atoms with Crippen molar-refractivity contribution in [2.45, 2.75) is 6.92 Å². The number of hydrogen-bond acceptors (Lipinski definition) is 5. The summed E-state index contributed by atoms with van der Waals surface area (Å²) in [5.74, 6) is -0.470. The van der Waals surface area contributed by atoms with E-state index in [1.165, 1.54) is 10.6 Å². The van der Waals surface area contributed by atoms with E-state index in [9.17, 15) is 9.59 Å². The van der Waals surface area contributed by atoms with Gasteiger partial charge in [-0.05, 0) is 42.8 Å². The molecule has 2 aromatic heterocycles. The van der Waals surface area contributed by atoms with Crippen molar-refractivity contribution >= 4 is 22.9 Å². The Bertz CT molecular complexity index is 1040. The highest BCUT2D eigenvalue weighted by Gasteiger charge is 2.15. The fraction of sp³-hybridized carbons (Fsp3) is 0.250. The summed E-state index contributed by atoms with van der Waals surface area (Å²) in [6.45, 7) is 5.03. The molecule has 0 spiro atoms. The summed E-state index contributed by atoms with van der Waals surface area (Å²) >= 11 is 0. The summed E-state index contributed by atoms with van der Waals surface area (Å²) in [5, 5.41) is 2.77. The van der Waals surface area contributed by atoms with Crippen LogP contribution < -0.4 is 15.8 Å². The molecule has 7 nitrogen and oxygen atoms in total. The van der Waals surface area contributed by atoms with Crippen molar-refractivity contribution < 1.29 is 9.53 Å². The van der Waals surface area contributed by atoms with Crippen LogP contribution in [0.15, 0.2) is 53.6 Å². The number of rotatable bonds is 3. The highest BCUT2D eigenvalue weighted by atomic mass is 16.5. The van der Waals surface area contributed by atoms with Crippen molar-refractivity contribution in [2.24, 2.45) is 0 Å². The molecule has 1 saturated heterocycles. The number of anilines is 2. The smallest absolute Gasteiger partial charge is 0.270 e. The lowest BCUT2D eigenvalue weighted by Crippen LogP contribution is -2.36. The number of pyridine rings is 1. The summed E-state index contributed by atoms with van der Waals surface area (Å²) in [5.41, 5.74) is 2.77. The predicted octanol–water partition coefficient (Wildman–Crippen LogP) is 2.09. The first-order valence-electron chi connectivity index (χ1n) is 8.84. The first kappa shape index (κ1) is 17.2. The topological polar surface area (TPSA) is 75.9 Å². The molecule has 1 fully saturated rings. The third-order valence-corrected chi connectivity index (χ3v) is 4.60.